The zero-order valence-corrected chi connectivity index (χ0v) is 14.9. The van der Waals surface area contributed by atoms with Crippen LogP contribution >= 0.6 is 11.6 Å². The molecule has 1 heterocycles. The molecule has 0 atom stereocenters. The Morgan fingerprint density at radius 3 is 2.50 bits per heavy atom. The molecule has 1 amide bonds. The number of nitrogens with zero attached hydrogens (tertiary/aromatic N) is 1. The van der Waals surface area contributed by atoms with Crippen LogP contribution in [0.2, 0.25) is 5.02 Å². The molecule has 3 rings (SSSR count). The summed E-state index contributed by atoms with van der Waals surface area (Å²) in [6.45, 7) is 0. The van der Waals surface area contributed by atoms with E-state index in [-0.39, 0.29) is 22.2 Å². The molecule has 3 aromatic rings. The first kappa shape index (κ1) is 19.5. The molecule has 0 saturated heterocycles. The first-order chi connectivity index (χ1) is 13.3. The van der Waals surface area contributed by atoms with E-state index >= 15 is 0 Å². The molecule has 9 heteroatoms. The second-order valence-corrected chi connectivity index (χ2v) is 5.95. The van der Waals surface area contributed by atoms with Crippen LogP contribution in [0, 0.1) is 0 Å². The van der Waals surface area contributed by atoms with Crippen LogP contribution in [0.5, 0.6) is 11.6 Å². The summed E-state index contributed by atoms with van der Waals surface area (Å²) in [6, 6.07) is 14.4. The minimum atomic E-state index is -4.54. The van der Waals surface area contributed by atoms with Gasteiger partial charge in [-0.1, -0.05) is 29.8 Å². The van der Waals surface area contributed by atoms with E-state index in [4.69, 9.17) is 16.3 Å². The largest absolute Gasteiger partial charge is 0.438 e. The van der Waals surface area contributed by atoms with Crippen molar-refractivity contribution in [3.63, 3.8) is 0 Å². The zero-order chi connectivity index (χ0) is 20.1. The number of rotatable bonds is 5. The van der Waals surface area contributed by atoms with E-state index in [1.807, 2.05) is 6.07 Å². The number of carbonyl (C=O) groups is 1. The molecule has 5 nitrogen and oxygen atoms in total. The summed E-state index contributed by atoms with van der Waals surface area (Å²) in [6.07, 6.45) is -3.09. The molecular formula is C19H13ClF3N3O2. The third-order valence-corrected chi connectivity index (χ3v) is 3.91. The highest BCUT2D eigenvalue weighted by Crippen LogP contribution is 2.33. The summed E-state index contributed by atoms with van der Waals surface area (Å²) in [7, 11) is 0. The van der Waals surface area contributed by atoms with Crippen molar-refractivity contribution < 1.29 is 22.7 Å². The standard InChI is InChI=1S/C19H13ClF3N3O2/c20-15-9-8-12(19(21,22)23)11-16(15)25-26-17(27)14-7-4-10-24-18(14)28-13-5-2-1-3-6-13/h1-11,25H,(H,26,27). The fraction of sp³-hybridized carbons (Fsp3) is 0.0526. The number of hydrogen-bond acceptors (Lipinski definition) is 4. The van der Waals surface area contributed by atoms with Gasteiger partial charge in [-0.05, 0) is 42.5 Å². The monoisotopic (exact) mass is 407 g/mol. The van der Waals surface area contributed by atoms with Crippen molar-refractivity contribution in [1.29, 1.82) is 0 Å². The van der Waals surface area contributed by atoms with Crippen LogP contribution in [0.1, 0.15) is 15.9 Å². The number of ether oxygens (including phenoxy) is 1. The first-order valence-electron chi connectivity index (χ1n) is 7.95. The lowest BCUT2D eigenvalue weighted by atomic mass is 10.2. The second kappa shape index (κ2) is 8.18. The summed E-state index contributed by atoms with van der Waals surface area (Å²) in [5.74, 6) is -0.139. The fourth-order valence-corrected chi connectivity index (χ4v) is 2.40. The third kappa shape index (κ3) is 4.72. The van der Waals surface area contributed by atoms with Gasteiger partial charge in [0.05, 0.1) is 16.3 Å². The number of amides is 1. The first-order valence-corrected chi connectivity index (χ1v) is 8.33. The van der Waals surface area contributed by atoms with Crippen LogP contribution in [-0.2, 0) is 6.18 Å². The van der Waals surface area contributed by atoms with Crippen molar-refractivity contribution in [2.24, 2.45) is 0 Å². The van der Waals surface area contributed by atoms with E-state index in [1.165, 1.54) is 18.3 Å². The topological polar surface area (TPSA) is 63.2 Å². The molecule has 0 bridgehead atoms. The van der Waals surface area contributed by atoms with E-state index in [0.717, 1.165) is 18.2 Å². The molecule has 144 valence electrons. The molecule has 2 N–H and O–H groups in total. The number of halogens is 4. The van der Waals surface area contributed by atoms with Crippen LogP contribution in [0.4, 0.5) is 18.9 Å². The highest BCUT2D eigenvalue weighted by atomic mass is 35.5. The highest BCUT2D eigenvalue weighted by Gasteiger charge is 2.31. The number of pyridine rings is 1. The Hall–Kier alpha value is -3.26. The molecule has 2 aromatic carbocycles. The second-order valence-electron chi connectivity index (χ2n) is 5.54. The van der Waals surface area contributed by atoms with Gasteiger partial charge in [-0.25, -0.2) is 4.98 Å². The number of anilines is 1. The normalized spacial score (nSPS) is 11.0. The molecular weight excluding hydrogens is 395 g/mol. The van der Waals surface area contributed by atoms with Gasteiger partial charge < -0.3 is 4.74 Å². The molecule has 0 unspecified atom stereocenters. The van der Waals surface area contributed by atoms with Gasteiger partial charge in [-0.15, -0.1) is 0 Å². The van der Waals surface area contributed by atoms with Crippen molar-refractivity contribution in [3.05, 3.63) is 83.0 Å². The third-order valence-electron chi connectivity index (χ3n) is 3.58. The maximum Gasteiger partial charge on any atom is 0.416 e. The Labute approximate surface area is 163 Å². The predicted molar refractivity (Wildman–Crippen MR) is 98.3 cm³/mol. The van der Waals surface area contributed by atoms with Gasteiger partial charge >= 0.3 is 6.18 Å². The maximum absolute atomic E-state index is 12.8. The average Bonchev–Trinajstić information content (AvgIpc) is 2.67. The van der Waals surface area contributed by atoms with E-state index in [2.05, 4.69) is 15.8 Å². The Morgan fingerprint density at radius 1 is 1.04 bits per heavy atom. The zero-order valence-electron chi connectivity index (χ0n) is 14.1. The predicted octanol–water partition coefficient (Wildman–Crippen LogP) is 5.30. The number of para-hydroxylation sites is 1. The van der Waals surface area contributed by atoms with Crippen LogP contribution < -0.4 is 15.6 Å². The number of alkyl halides is 3. The average molecular weight is 408 g/mol. The Morgan fingerprint density at radius 2 is 1.79 bits per heavy atom. The van der Waals surface area contributed by atoms with E-state index < -0.39 is 17.6 Å². The van der Waals surface area contributed by atoms with E-state index in [1.54, 1.807) is 24.3 Å². The van der Waals surface area contributed by atoms with Gasteiger partial charge in [0.15, 0.2) is 0 Å². The SMILES string of the molecule is O=C(NNc1cc(C(F)(F)F)ccc1Cl)c1cccnc1Oc1ccccc1. The molecule has 0 fully saturated rings. The van der Waals surface area contributed by atoms with Gasteiger partial charge in [-0.3, -0.25) is 15.6 Å². The van der Waals surface area contributed by atoms with Crippen LogP contribution in [-0.4, -0.2) is 10.9 Å². The van der Waals surface area contributed by atoms with Crippen molar-refractivity contribution in [1.82, 2.24) is 10.4 Å². The molecule has 0 radical (unpaired) electrons. The number of hydrogen-bond donors (Lipinski definition) is 2. The minimum Gasteiger partial charge on any atom is -0.438 e. The van der Waals surface area contributed by atoms with Crippen LogP contribution in [0.15, 0.2) is 66.9 Å². The Balaban J connectivity index is 1.76. The smallest absolute Gasteiger partial charge is 0.416 e. The quantitative estimate of drug-likeness (QED) is 0.563. The number of benzene rings is 2. The Kier molecular flexibility index (Phi) is 5.70. The number of carbonyl (C=O) groups excluding carboxylic acids is 1. The molecule has 0 aliphatic heterocycles. The molecule has 0 aliphatic rings. The van der Waals surface area contributed by atoms with Gasteiger partial charge in [-0.2, -0.15) is 13.2 Å². The van der Waals surface area contributed by atoms with Crippen molar-refractivity contribution >= 4 is 23.2 Å². The van der Waals surface area contributed by atoms with Gasteiger partial charge in [0, 0.05) is 6.20 Å². The van der Waals surface area contributed by atoms with Crippen LogP contribution in [0.25, 0.3) is 0 Å². The van der Waals surface area contributed by atoms with Crippen molar-refractivity contribution in [2.75, 3.05) is 5.43 Å². The van der Waals surface area contributed by atoms with Crippen molar-refractivity contribution in [2.45, 2.75) is 6.18 Å². The number of hydrazine groups is 1. The fourth-order valence-electron chi connectivity index (χ4n) is 2.23. The Bertz CT molecular complexity index is 982. The lowest BCUT2D eigenvalue weighted by Crippen LogP contribution is -2.30. The van der Waals surface area contributed by atoms with Crippen molar-refractivity contribution in [3.8, 4) is 11.6 Å². The van der Waals surface area contributed by atoms with Gasteiger partial charge in [0.25, 0.3) is 5.91 Å². The summed E-state index contributed by atoms with van der Waals surface area (Å²) in [4.78, 5) is 16.5. The lowest BCUT2D eigenvalue weighted by Gasteiger charge is -2.14. The van der Waals surface area contributed by atoms with Gasteiger partial charge in [0.2, 0.25) is 5.88 Å². The minimum absolute atomic E-state index is 0.0141. The maximum atomic E-state index is 12.8. The molecule has 0 saturated carbocycles. The highest BCUT2D eigenvalue weighted by molar-refractivity contribution is 6.33. The summed E-state index contributed by atoms with van der Waals surface area (Å²) < 4.78 is 44.1. The molecule has 1 aromatic heterocycles. The summed E-state index contributed by atoms with van der Waals surface area (Å²) in [5.41, 5.74) is 3.79. The number of aromatic nitrogens is 1. The summed E-state index contributed by atoms with van der Waals surface area (Å²) >= 11 is 5.90. The number of nitrogens with one attached hydrogen (secondary N) is 2. The molecule has 0 spiro atoms. The lowest BCUT2D eigenvalue weighted by molar-refractivity contribution is -0.137. The van der Waals surface area contributed by atoms with E-state index in [9.17, 15) is 18.0 Å². The van der Waals surface area contributed by atoms with E-state index in [0.29, 0.717) is 5.75 Å². The summed E-state index contributed by atoms with van der Waals surface area (Å²) in [5, 5.41) is 0.0141. The van der Waals surface area contributed by atoms with Gasteiger partial charge in [0.1, 0.15) is 11.3 Å². The molecule has 0 aliphatic carbocycles. The van der Waals surface area contributed by atoms with Crippen LogP contribution in [0.3, 0.4) is 0 Å². The molecule has 28 heavy (non-hydrogen) atoms.